The summed E-state index contributed by atoms with van der Waals surface area (Å²) in [4.78, 5) is 9.80. The van der Waals surface area contributed by atoms with Crippen molar-refractivity contribution in [2.75, 3.05) is 16.8 Å². The number of anilines is 1. The smallest absolute Gasteiger partial charge is 0.272 e. The number of benzene rings is 1. The van der Waals surface area contributed by atoms with Gasteiger partial charge in [-0.15, -0.1) is 0 Å². The summed E-state index contributed by atoms with van der Waals surface area (Å²) in [6, 6.07) is 2.91. The monoisotopic (exact) mass is 288 g/mol. The fourth-order valence-corrected chi connectivity index (χ4v) is 3.73. The Morgan fingerprint density at radius 2 is 2.16 bits per heavy atom. The second kappa shape index (κ2) is 5.12. The predicted molar refractivity (Wildman–Crippen MR) is 68.4 cm³/mol. The average Bonchev–Trinajstić information content (AvgIpc) is 2.30. The zero-order chi connectivity index (χ0) is 14.0. The lowest BCUT2D eigenvalue weighted by atomic mass is 10.1. The van der Waals surface area contributed by atoms with E-state index in [9.17, 15) is 22.9 Å². The molecule has 8 heteroatoms. The number of non-ortho nitro benzene ring substituents is 1. The first-order valence-corrected chi connectivity index (χ1v) is 7.60. The van der Waals surface area contributed by atoms with Crippen LogP contribution in [0.3, 0.4) is 0 Å². The molecule has 2 rings (SSSR count). The topological polar surface area (TPSA) is 89.3 Å². The maximum atomic E-state index is 13.6. The Hall–Kier alpha value is -1.70. The molecular weight excluding hydrogens is 275 g/mol. The molecule has 19 heavy (non-hydrogen) atoms. The highest BCUT2D eigenvalue weighted by Gasteiger charge is 2.25. The van der Waals surface area contributed by atoms with Crippen LogP contribution in [0.25, 0.3) is 0 Å². The second-order valence-electron chi connectivity index (χ2n) is 4.52. The number of nitro groups is 1. The van der Waals surface area contributed by atoms with E-state index in [2.05, 4.69) is 5.32 Å². The molecule has 1 atom stereocenters. The van der Waals surface area contributed by atoms with Gasteiger partial charge < -0.3 is 5.32 Å². The summed E-state index contributed by atoms with van der Waals surface area (Å²) in [5.41, 5.74) is -0.244. The number of hydrogen-bond acceptors (Lipinski definition) is 5. The van der Waals surface area contributed by atoms with Gasteiger partial charge in [-0.05, 0) is 18.9 Å². The van der Waals surface area contributed by atoms with E-state index in [4.69, 9.17) is 0 Å². The van der Waals surface area contributed by atoms with E-state index >= 15 is 0 Å². The van der Waals surface area contributed by atoms with Crippen molar-refractivity contribution in [1.29, 1.82) is 0 Å². The van der Waals surface area contributed by atoms with Gasteiger partial charge >= 0.3 is 0 Å². The van der Waals surface area contributed by atoms with E-state index in [1.807, 2.05) is 0 Å². The highest BCUT2D eigenvalue weighted by molar-refractivity contribution is 7.91. The summed E-state index contributed by atoms with van der Waals surface area (Å²) in [5.74, 6) is -0.630. The molecule has 0 saturated carbocycles. The molecule has 1 aliphatic heterocycles. The fraction of sp³-hybridized carbons (Fsp3) is 0.455. The number of hydrogen-bond donors (Lipinski definition) is 1. The summed E-state index contributed by atoms with van der Waals surface area (Å²) in [7, 11) is -3.08. The summed E-state index contributed by atoms with van der Waals surface area (Å²) in [6.45, 7) is 0. The normalized spacial score (nSPS) is 21.8. The van der Waals surface area contributed by atoms with Crippen LogP contribution in [0.15, 0.2) is 18.2 Å². The molecule has 1 aliphatic rings. The third-order valence-corrected chi connectivity index (χ3v) is 4.81. The first-order valence-electron chi connectivity index (χ1n) is 5.78. The molecule has 1 fully saturated rings. The van der Waals surface area contributed by atoms with Crippen LogP contribution in [-0.4, -0.2) is 30.9 Å². The molecule has 104 valence electrons. The van der Waals surface area contributed by atoms with Crippen molar-refractivity contribution in [2.45, 2.75) is 18.9 Å². The number of halogens is 1. The van der Waals surface area contributed by atoms with Gasteiger partial charge in [0.05, 0.1) is 28.2 Å². The number of nitrogens with one attached hydrogen (secondary N) is 1. The largest absolute Gasteiger partial charge is 0.379 e. The van der Waals surface area contributed by atoms with Crippen molar-refractivity contribution >= 4 is 21.2 Å². The molecule has 0 bridgehead atoms. The van der Waals surface area contributed by atoms with E-state index in [0.29, 0.717) is 12.8 Å². The van der Waals surface area contributed by atoms with Crippen molar-refractivity contribution in [1.82, 2.24) is 0 Å². The van der Waals surface area contributed by atoms with Crippen LogP contribution >= 0.6 is 0 Å². The molecule has 1 N–H and O–H groups in total. The SMILES string of the molecule is O=[N+]([O-])c1ccc(NC2CCCS(=O)(=O)C2)c(F)c1. The van der Waals surface area contributed by atoms with Gasteiger partial charge in [0.2, 0.25) is 0 Å². The molecule has 1 aromatic carbocycles. The Bertz CT molecular complexity index is 603. The predicted octanol–water partition coefficient (Wildman–Crippen LogP) is 1.72. The summed E-state index contributed by atoms with van der Waals surface area (Å²) >= 11 is 0. The number of nitrogens with zero attached hydrogens (tertiary/aromatic N) is 1. The number of rotatable bonds is 3. The molecule has 0 aromatic heterocycles. The van der Waals surface area contributed by atoms with Crippen LogP contribution in [-0.2, 0) is 9.84 Å². The van der Waals surface area contributed by atoms with Crippen molar-refractivity contribution in [2.24, 2.45) is 0 Å². The van der Waals surface area contributed by atoms with Gasteiger partial charge in [0.1, 0.15) is 0 Å². The van der Waals surface area contributed by atoms with E-state index in [1.54, 1.807) is 0 Å². The lowest BCUT2D eigenvalue weighted by molar-refractivity contribution is -0.385. The van der Waals surface area contributed by atoms with Crippen LogP contribution < -0.4 is 5.32 Å². The van der Waals surface area contributed by atoms with Crippen molar-refractivity contribution < 1.29 is 17.7 Å². The van der Waals surface area contributed by atoms with Gasteiger partial charge in [-0.2, -0.15) is 0 Å². The third kappa shape index (κ3) is 3.40. The van der Waals surface area contributed by atoms with Crippen LogP contribution in [0.1, 0.15) is 12.8 Å². The molecule has 6 nitrogen and oxygen atoms in total. The van der Waals surface area contributed by atoms with Gasteiger partial charge in [0, 0.05) is 12.1 Å². The highest BCUT2D eigenvalue weighted by atomic mass is 32.2. The number of sulfone groups is 1. The second-order valence-corrected chi connectivity index (χ2v) is 6.75. The lowest BCUT2D eigenvalue weighted by Gasteiger charge is -2.24. The van der Waals surface area contributed by atoms with E-state index in [1.165, 1.54) is 12.1 Å². The molecule has 0 aliphatic carbocycles. The summed E-state index contributed by atoms with van der Waals surface area (Å²) in [5, 5.41) is 13.3. The molecule has 0 spiro atoms. The van der Waals surface area contributed by atoms with Gasteiger partial charge in [-0.1, -0.05) is 0 Å². The van der Waals surface area contributed by atoms with E-state index in [-0.39, 0.29) is 28.9 Å². The number of nitro benzene ring substituents is 1. The molecule has 1 heterocycles. The third-order valence-electron chi connectivity index (χ3n) is 2.99. The minimum atomic E-state index is -3.08. The minimum Gasteiger partial charge on any atom is -0.379 e. The van der Waals surface area contributed by atoms with Crippen LogP contribution in [0.5, 0.6) is 0 Å². The summed E-state index contributed by atoms with van der Waals surface area (Å²) in [6.07, 6.45) is 1.17. The Kier molecular flexibility index (Phi) is 3.70. The Balaban J connectivity index is 2.13. The molecule has 0 amide bonds. The Morgan fingerprint density at radius 1 is 1.42 bits per heavy atom. The highest BCUT2D eigenvalue weighted by Crippen LogP contribution is 2.23. The first-order chi connectivity index (χ1) is 8.87. The van der Waals surface area contributed by atoms with Crippen LogP contribution in [0.2, 0.25) is 0 Å². The quantitative estimate of drug-likeness (QED) is 0.675. The molecule has 1 unspecified atom stereocenters. The van der Waals surface area contributed by atoms with Crippen molar-refractivity contribution in [3.63, 3.8) is 0 Å². The van der Waals surface area contributed by atoms with E-state index < -0.39 is 20.6 Å². The van der Waals surface area contributed by atoms with Gasteiger partial charge in [0.25, 0.3) is 5.69 Å². The standard InChI is InChI=1S/C11H13FN2O4S/c12-10-6-9(14(15)16)3-4-11(10)13-8-2-1-5-19(17,18)7-8/h3-4,6,8,13H,1-2,5,7H2. The average molecular weight is 288 g/mol. The van der Waals surface area contributed by atoms with Crippen LogP contribution in [0, 0.1) is 15.9 Å². The van der Waals surface area contributed by atoms with E-state index in [0.717, 1.165) is 6.07 Å². The molecule has 1 aromatic rings. The lowest BCUT2D eigenvalue weighted by Crippen LogP contribution is -2.35. The first kappa shape index (κ1) is 13.7. The van der Waals surface area contributed by atoms with Gasteiger partial charge in [0.15, 0.2) is 15.7 Å². The van der Waals surface area contributed by atoms with Crippen molar-refractivity contribution in [3.05, 3.63) is 34.1 Å². The van der Waals surface area contributed by atoms with Crippen molar-refractivity contribution in [3.8, 4) is 0 Å². The molecule has 0 radical (unpaired) electrons. The maximum Gasteiger partial charge on any atom is 0.272 e. The molecule has 1 saturated heterocycles. The summed E-state index contributed by atoms with van der Waals surface area (Å²) < 4.78 is 36.6. The fourth-order valence-electron chi connectivity index (χ4n) is 2.09. The maximum absolute atomic E-state index is 13.6. The zero-order valence-electron chi connectivity index (χ0n) is 10.0. The minimum absolute atomic E-state index is 0.0383. The van der Waals surface area contributed by atoms with Gasteiger partial charge in [-0.25, -0.2) is 12.8 Å². The zero-order valence-corrected chi connectivity index (χ0v) is 10.8. The van der Waals surface area contributed by atoms with Gasteiger partial charge in [-0.3, -0.25) is 10.1 Å². The Labute approximate surface area is 109 Å². The Morgan fingerprint density at radius 3 is 2.74 bits per heavy atom. The molecular formula is C11H13FN2O4S. The van der Waals surface area contributed by atoms with Crippen LogP contribution in [0.4, 0.5) is 15.8 Å².